The van der Waals surface area contributed by atoms with Crippen LogP contribution in [0.2, 0.25) is 5.02 Å². The number of nitrogens with one attached hydrogen (secondary N) is 1. The second-order valence-corrected chi connectivity index (χ2v) is 5.65. The Bertz CT molecular complexity index is 742. The molecular formula is C15H12ClN3S. The summed E-state index contributed by atoms with van der Waals surface area (Å²) in [6.45, 7) is 0. The first-order chi connectivity index (χ1) is 9.65. The van der Waals surface area contributed by atoms with Gasteiger partial charge in [0.2, 0.25) is 0 Å². The summed E-state index contributed by atoms with van der Waals surface area (Å²) in [6, 6.07) is 11.4. The maximum atomic E-state index is 8.26. The molecule has 0 saturated carbocycles. The van der Waals surface area contributed by atoms with Gasteiger partial charge in [-0.05, 0) is 29.6 Å². The van der Waals surface area contributed by atoms with E-state index in [2.05, 4.69) is 5.10 Å². The van der Waals surface area contributed by atoms with E-state index in [1.807, 2.05) is 54.2 Å². The van der Waals surface area contributed by atoms with Crippen molar-refractivity contribution in [2.24, 2.45) is 7.05 Å². The quantitative estimate of drug-likeness (QED) is 0.723. The van der Waals surface area contributed by atoms with Crippen molar-refractivity contribution in [3.8, 4) is 11.3 Å². The van der Waals surface area contributed by atoms with Gasteiger partial charge < -0.3 is 0 Å². The Kier molecular flexibility index (Phi) is 3.42. The van der Waals surface area contributed by atoms with E-state index in [0.29, 0.717) is 10.7 Å². The third-order valence-corrected chi connectivity index (χ3v) is 4.02. The van der Waals surface area contributed by atoms with Gasteiger partial charge in [0, 0.05) is 28.6 Å². The van der Waals surface area contributed by atoms with Gasteiger partial charge in [-0.3, -0.25) is 10.1 Å². The normalized spacial score (nSPS) is 10.7. The van der Waals surface area contributed by atoms with E-state index in [1.54, 1.807) is 16.0 Å². The van der Waals surface area contributed by atoms with E-state index >= 15 is 0 Å². The molecule has 0 spiro atoms. The van der Waals surface area contributed by atoms with E-state index in [1.165, 1.54) is 0 Å². The van der Waals surface area contributed by atoms with Crippen molar-refractivity contribution in [2.75, 3.05) is 0 Å². The number of rotatable bonds is 3. The first-order valence-electron chi connectivity index (χ1n) is 6.06. The maximum Gasteiger partial charge on any atom is 0.0930 e. The first-order valence-corrected chi connectivity index (χ1v) is 7.38. The molecule has 0 aliphatic carbocycles. The van der Waals surface area contributed by atoms with Crippen LogP contribution in [-0.4, -0.2) is 15.5 Å². The highest BCUT2D eigenvalue weighted by atomic mass is 35.5. The minimum Gasteiger partial charge on any atom is -0.298 e. The lowest BCUT2D eigenvalue weighted by molar-refractivity contribution is 0.762. The Hall–Kier alpha value is -1.91. The van der Waals surface area contributed by atoms with Crippen LogP contribution in [0.5, 0.6) is 0 Å². The molecule has 0 aliphatic rings. The highest BCUT2D eigenvalue weighted by Gasteiger charge is 2.13. The number of aryl methyl sites for hydroxylation is 1. The smallest absolute Gasteiger partial charge is 0.0930 e. The monoisotopic (exact) mass is 301 g/mol. The fourth-order valence-electron chi connectivity index (χ4n) is 2.02. The van der Waals surface area contributed by atoms with E-state index in [9.17, 15) is 0 Å². The second kappa shape index (κ2) is 5.23. The highest BCUT2D eigenvalue weighted by molar-refractivity contribution is 7.08. The van der Waals surface area contributed by atoms with Crippen molar-refractivity contribution in [1.29, 1.82) is 5.41 Å². The lowest BCUT2D eigenvalue weighted by Crippen LogP contribution is -2.07. The van der Waals surface area contributed by atoms with Gasteiger partial charge >= 0.3 is 0 Å². The average Bonchev–Trinajstić information content (AvgIpc) is 3.08. The fraction of sp³-hybridized carbons (Fsp3) is 0.0667. The van der Waals surface area contributed by atoms with Gasteiger partial charge in [-0.1, -0.05) is 23.7 Å². The molecule has 0 aliphatic heterocycles. The summed E-state index contributed by atoms with van der Waals surface area (Å²) < 4.78 is 1.74. The van der Waals surface area contributed by atoms with Crippen LogP contribution in [0.1, 0.15) is 11.3 Å². The summed E-state index contributed by atoms with van der Waals surface area (Å²) in [5.74, 6) is 0. The molecule has 0 radical (unpaired) electrons. The van der Waals surface area contributed by atoms with Crippen LogP contribution in [0.15, 0.2) is 47.2 Å². The van der Waals surface area contributed by atoms with Crippen LogP contribution in [0.25, 0.3) is 11.3 Å². The van der Waals surface area contributed by atoms with Crippen molar-refractivity contribution >= 4 is 28.6 Å². The molecule has 3 aromatic rings. The summed E-state index contributed by atoms with van der Waals surface area (Å²) >= 11 is 7.48. The number of aromatic nitrogens is 2. The maximum absolute atomic E-state index is 8.26. The highest BCUT2D eigenvalue weighted by Crippen LogP contribution is 2.22. The number of halogens is 1. The molecule has 5 heteroatoms. The first kappa shape index (κ1) is 13.1. The SMILES string of the molecule is Cn1nc(-c2ccc(Cl)cc2)cc1C(=N)c1ccsc1. The Balaban J connectivity index is 1.99. The molecule has 2 aromatic heterocycles. The Labute approximate surface area is 126 Å². The van der Waals surface area contributed by atoms with Crippen LogP contribution in [-0.2, 0) is 7.05 Å². The third-order valence-electron chi connectivity index (χ3n) is 3.09. The van der Waals surface area contributed by atoms with Gasteiger partial charge in [0.15, 0.2) is 0 Å². The third kappa shape index (κ3) is 2.40. The van der Waals surface area contributed by atoms with Gasteiger partial charge in [-0.2, -0.15) is 16.4 Å². The molecule has 2 heterocycles. The van der Waals surface area contributed by atoms with E-state index in [4.69, 9.17) is 17.0 Å². The number of nitrogens with zero attached hydrogens (tertiary/aromatic N) is 2. The lowest BCUT2D eigenvalue weighted by Gasteiger charge is -2.00. The van der Waals surface area contributed by atoms with Crippen molar-refractivity contribution in [3.05, 3.63) is 63.4 Å². The van der Waals surface area contributed by atoms with Crippen LogP contribution >= 0.6 is 22.9 Å². The molecule has 3 rings (SSSR count). The predicted molar refractivity (Wildman–Crippen MR) is 83.9 cm³/mol. The zero-order chi connectivity index (χ0) is 14.1. The van der Waals surface area contributed by atoms with Gasteiger partial charge in [0.1, 0.15) is 0 Å². The van der Waals surface area contributed by atoms with Crippen LogP contribution < -0.4 is 0 Å². The Morgan fingerprint density at radius 1 is 1.25 bits per heavy atom. The zero-order valence-corrected chi connectivity index (χ0v) is 12.4. The molecule has 1 aromatic carbocycles. The summed E-state index contributed by atoms with van der Waals surface area (Å²) in [5, 5.41) is 17.4. The average molecular weight is 302 g/mol. The fourth-order valence-corrected chi connectivity index (χ4v) is 2.79. The summed E-state index contributed by atoms with van der Waals surface area (Å²) in [5.41, 5.74) is 4.05. The number of benzene rings is 1. The number of thiophene rings is 1. The Morgan fingerprint density at radius 2 is 2.00 bits per heavy atom. The van der Waals surface area contributed by atoms with Crippen molar-refractivity contribution in [2.45, 2.75) is 0 Å². The van der Waals surface area contributed by atoms with Crippen LogP contribution in [0, 0.1) is 5.41 Å². The minimum absolute atomic E-state index is 0.487. The summed E-state index contributed by atoms with van der Waals surface area (Å²) in [6.07, 6.45) is 0. The summed E-state index contributed by atoms with van der Waals surface area (Å²) in [4.78, 5) is 0. The van der Waals surface area contributed by atoms with Crippen molar-refractivity contribution in [3.63, 3.8) is 0 Å². The van der Waals surface area contributed by atoms with Crippen molar-refractivity contribution < 1.29 is 0 Å². The molecule has 0 unspecified atom stereocenters. The molecular weight excluding hydrogens is 290 g/mol. The van der Waals surface area contributed by atoms with E-state index in [0.717, 1.165) is 22.5 Å². The molecule has 3 nitrogen and oxygen atoms in total. The molecule has 100 valence electrons. The zero-order valence-electron chi connectivity index (χ0n) is 10.8. The Morgan fingerprint density at radius 3 is 2.65 bits per heavy atom. The molecule has 1 N–H and O–H groups in total. The van der Waals surface area contributed by atoms with Gasteiger partial charge in [0.25, 0.3) is 0 Å². The summed E-state index contributed by atoms with van der Waals surface area (Å²) in [7, 11) is 1.86. The largest absolute Gasteiger partial charge is 0.298 e. The molecule has 0 atom stereocenters. The lowest BCUT2D eigenvalue weighted by atomic mass is 10.1. The van der Waals surface area contributed by atoms with E-state index in [-0.39, 0.29) is 0 Å². The molecule has 0 amide bonds. The molecule has 0 bridgehead atoms. The van der Waals surface area contributed by atoms with Crippen LogP contribution in [0.4, 0.5) is 0 Å². The molecule has 20 heavy (non-hydrogen) atoms. The topological polar surface area (TPSA) is 41.7 Å². The standard InChI is InChI=1S/C15H12ClN3S/c1-19-14(15(17)11-6-7-20-9-11)8-13(18-19)10-2-4-12(16)5-3-10/h2-9,17H,1H3. The van der Waals surface area contributed by atoms with Crippen LogP contribution in [0.3, 0.4) is 0 Å². The minimum atomic E-state index is 0.487. The van der Waals surface area contributed by atoms with Gasteiger partial charge in [-0.15, -0.1) is 0 Å². The predicted octanol–water partition coefficient (Wildman–Crippen LogP) is 4.22. The van der Waals surface area contributed by atoms with Gasteiger partial charge in [-0.25, -0.2) is 0 Å². The number of hydrogen-bond acceptors (Lipinski definition) is 3. The molecule has 0 saturated heterocycles. The van der Waals surface area contributed by atoms with E-state index < -0.39 is 0 Å². The second-order valence-electron chi connectivity index (χ2n) is 4.43. The van der Waals surface area contributed by atoms with Gasteiger partial charge in [0.05, 0.1) is 17.1 Å². The molecule has 0 fully saturated rings. The van der Waals surface area contributed by atoms with Crippen molar-refractivity contribution in [1.82, 2.24) is 9.78 Å². The number of hydrogen-bond donors (Lipinski definition) is 1.